The van der Waals surface area contributed by atoms with Crippen molar-refractivity contribution in [3.63, 3.8) is 0 Å². The molecule has 0 radical (unpaired) electrons. The molecule has 0 aliphatic heterocycles. The molecular formula is C22H30N2O3S. The minimum Gasteiger partial charge on any atom is -0.348 e. The lowest BCUT2D eigenvalue weighted by Crippen LogP contribution is -2.48. The van der Waals surface area contributed by atoms with Gasteiger partial charge in [0.25, 0.3) is 0 Å². The average Bonchev–Trinajstić information content (AvgIpc) is 2.63. The van der Waals surface area contributed by atoms with Crippen LogP contribution < -0.4 is 9.62 Å². The highest BCUT2D eigenvalue weighted by molar-refractivity contribution is 7.92. The first kappa shape index (κ1) is 22.0. The Labute approximate surface area is 168 Å². The molecule has 1 amide bonds. The zero-order valence-corrected chi connectivity index (χ0v) is 18.3. The van der Waals surface area contributed by atoms with Gasteiger partial charge in [0.2, 0.25) is 15.9 Å². The van der Waals surface area contributed by atoms with Crippen LogP contribution in [0.1, 0.15) is 49.1 Å². The topological polar surface area (TPSA) is 66.5 Å². The van der Waals surface area contributed by atoms with Gasteiger partial charge in [-0.25, -0.2) is 8.42 Å². The summed E-state index contributed by atoms with van der Waals surface area (Å²) in [6.07, 6.45) is 2.08. The quantitative estimate of drug-likeness (QED) is 0.764. The second-order valence-corrected chi connectivity index (χ2v) is 9.19. The summed E-state index contributed by atoms with van der Waals surface area (Å²) in [6.45, 7) is 9.48. The van der Waals surface area contributed by atoms with Crippen LogP contribution in [0.15, 0.2) is 42.5 Å². The van der Waals surface area contributed by atoms with E-state index in [1.54, 1.807) is 19.1 Å². The molecule has 5 nitrogen and oxygen atoms in total. The van der Waals surface area contributed by atoms with Crippen LogP contribution in [0.2, 0.25) is 0 Å². The Morgan fingerprint density at radius 3 is 2.14 bits per heavy atom. The maximum Gasteiger partial charge on any atom is 0.244 e. The van der Waals surface area contributed by atoms with Gasteiger partial charge in [-0.1, -0.05) is 37.3 Å². The molecular weight excluding hydrogens is 372 g/mol. The molecule has 2 aromatic rings. The third kappa shape index (κ3) is 5.13. The lowest BCUT2D eigenvalue weighted by molar-refractivity contribution is -0.122. The van der Waals surface area contributed by atoms with Crippen LogP contribution >= 0.6 is 0 Å². The molecule has 28 heavy (non-hydrogen) atoms. The maximum absolute atomic E-state index is 12.8. The van der Waals surface area contributed by atoms with Crippen molar-refractivity contribution < 1.29 is 13.2 Å². The van der Waals surface area contributed by atoms with E-state index in [4.69, 9.17) is 0 Å². The molecule has 0 aliphatic carbocycles. The zero-order valence-electron chi connectivity index (χ0n) is 17.5. The highest BCUT2D eigenvalue weighted by Crippen LogP contribution is 2.24. The van der Waals surface area contributed by atoms with Crippen molar-refractivity contribution in [2.45, 2.75) is 53.1 Å². The van der Waals surface area contributed by atoms with Gasteiger partial charge in [-0.15, -0.1) is 0 Å². The minimum atomic E-state index is -3.63. The van der Waals surface area contributed by atoms with E-state index < -0.39 is 16.1 Å². The Balaban J connectivity index is 2.24. The van der Waals surface area contributed by atoms with Crippen LogP contribution in [-0.4, -0.2) is 26.6 Å². The summed E-state index contributed by atoms with van der Waals surface area (Å²) in [4.78, 5) is 12.8. The smallest absolute Gasteiger partial charge is 0.244 e. The number of benzene rings is 2. The molecule has 6 heteroatoms. The van der Waals surface area contributed by atoms with Gasteiger partial charge in [0.1, 0.15) is 6.04 Å². The van der Waals surface area contributed by atoms with Crippen molar-refractivity contribution in [2.75, 3.05) is 10.6 Å². The molecule has 1 N–H and O–H groups in total. The molecule has 0 aromatic heterocycles. The molecule has 0 spiro atoms. The highest BCUT2D eigenvalue weighted by Gasteiger charge is 2.30. The largest absolute Gasteiger partial charge is 0.348 e. The number of carbonyl (C=O) groups is 1. The predicted octanol–water partition coefficient (Wildman–Crippen LogP) is 3.90. The minimum absolute atomic E-state index is 0.220. The fourth-order valence-electron chi connectivity index (χ4n) is 3.13. The number of nitrogens with zero attached hydrogens (tertiary/aromatic N) is 1. The first-order chi connectivity index (χ1) is 13.0. The van der Waals surface area contributed by atoms with E-state index in [0.717, 1.165) is 29.4 Å². The number of hydrogen-bond donors (Lipinski definition) is 1. The van der Waals surface area contributed by atoms with Gasteiger partial charge in [-0.2, -0.15) is 0 Å². The fraction of sp³-hybridized carbons (Fsp3) is 0.409. The van der Waals surface area contributed by atoms with Gasteiger partial charge in [0, 0.05) is 0 Å². The predicted molar refractivity (Wildman–Crippen MR) is 115 cm³/mol. The molecule has 2 rings (SSSR count). The van der Waals surface area contributed by atoms with Gasteiger partial charge >= 0.3 is 0 Å². The molecule has 0 heterocycles. The molecule has 0 saturated carbocycles. The summed E-state index contributed by atoms with van der Waals surface area (Å²) in [7, 11) is -3.63. The Morgan fingerprint density at radius 1 is 1.04 bits per heavy atom. The second kappa shape index (κ2) is 8.78. The summed E-state index contributed by atoms with van der Waals surface area (Å²) in [5.74, 6) is -0.337. The summed E-state index contributed by atoms with van der Waals surface area (Å²) >= 11 is 0. The van der Waals surface area contributed by atoms with Crippen LogP contribution in [0, 0.1) is 13.8 Å². The van der Waals surface area contributed by atoms with Gasteiger partial charge in [0.05, 0.1) is 18.0 Å². The van der Waals surface area contributed by atoms with Crippen molar-refractivity contribution in [1.82, 2.24) is 5.32 Å². The van der Waals surface area contributed by atoms with Crippen LogP contribution in [0.4, 0.5) is 5.69 Å². The van der Waals surface area contributed by atoms with Crippen LogP contribution in [0.3, 0.4) is 0 Å². The normalized spacial score (nSPS) is 13.6. The number of aryl methyl sites for hydroxylation is 3. The molecule has 0 unspecified atom stereocenters. The number of anilines is 1. The summed E-state index contributed by atoms with van der Waals surface area (Å²) in [6, 6.07) is 12.4. The lowest BCUT2D eigenvalue weighted by atomic mass is 10.0. The Morgan fingerprint density at radius 2 is 1.64 bits per heavy atom. The molecule has 2 atom stereocenters. The number of rotatable bonds is 7. The van der Waals surface area contributed by atoms with Crippen LogP contribution in [0.5, 0.6) is 0 Å². The van der Waals surface area contributed by atoms with Gasteiger partial charge < -0.3 is 5.32 Å². The van der Waals surface area contributed by atoms with E-state index in [-0.39, 0.29) is 11.9 Å². The van der Waals surface area contributed by atoms with Gasteiger partial charge in [0.15, 0.2) is 0 Å². The molecule has 2 aromatic carbocycles. The Kier molecular flexibility index (Phi) is 6.88. The standard InChI is InChI=1S/C22H30N2O3S/c1-7-19-9-11-20(12-10-19)17(4)23-22(25)18(5)24(28(6,26)27)21-13-8-15(2)16(3)14-21/h8-14,17-18H,7H2,1-6H3,(H,23,25)/t17-,18-/m1/s1. The van der Waals surface area contributed by atoms with Crippen molar-refractivity contribution in [3.8, 4) is 0 Å². The average molecular weight is 403 g/mol. The molecule has 0 bridgehead atoms. The SMILES string of the molecule is CCc1ccc([C@@H](C)NC(=O)[C@@H](C)N(c2ccc(C)c(C)c2)S(C)(=O)=O)cc1. The fourth-order valence-corrected chi connectivity index (χ4v) is 4.30. The first-order valence-electron chi connectivity index (χ1n) is 9.50. The zero-order chi connectivity index (χ0) is 21.1. The Bertz CT molecular complexity index is 937. The first-order valence-corrected chi connectivity index (χ1v) is 11.3. The van der Waals surface area contributed by atoms with E-state index in [2.05, 4.69) is 12.2 Å². The van der Waals surface area contributed by atoms with E-state index in [9.17, 15) is 13.2 Å². The Hall–Kier alpha value is -2.34. The summed E-state index contributed by atoms with van der Waals surface area (Å²) in [5, 5.41) is 2.94. The third-order valence-electron chi connectivity index (χ3n) is 5.08. The van der Waals surface area contributed by atoms with Crippen molar-refractivity contribution >= 4 is 21.6 Å². The van der Waals surface area contributed by atoms with Gasteiger partial charge in [-0.3, -0.25) is 9.10 Å². The number of sulfonamides is 1. The highest BCUT2D eigenvalue weighted by atomic mass is 32.2. The maximum atomic E-state index is 12.8. The number of carbonyl (C=O) groups excluding carboxylic acids is 1. The van der Waals surface area contributed by atoms with E-state index in [0.29, 0.717) is 5.69 Å². The lowest BCUT2D eigenvalue weighted by Gasteiger charge is -2.29. The van der Waals surface area contributed by atoms with Crippen molar-refractivity contribution in [2.24, 2.45) is 0 Å². The summed E-state index contributed by atoms with van der Waals surface area (Å²) < 4.78 is 26.1. The van der Waals surface area contributed by atoms with E-state index in [1.165, 1.54) is 9.87 Å². The number of amides is 1. The molecule has 152 valence electrons. The van der Waals surface area contributed by atoms with Crippen molar-refractivity contribution in [3.05, 3.63) is 64.7 Å². The number of nitrogens with one attached hydrogen (secondary N) is 1. The summed E-state index contributed by atoms with van der Waals surface area (Å²) in [5.41, 5.74) is 4.75. The van der Waals surface area contributed by atoms with E-state index >= 15 is 0 Å². The molecule has 0 aliphatic rings. The monoisotopic (exact) mass is 402 g/mol. The third-order valence-corrected chi connectivity index (χ3v) is 6.32. The van der Waals surface area contributed by atoms with Crippen LogP contribution in [0.25, 0.3) is 0 Å². The van der Waals surface area contributed by atoms with Crippen molar-refractivity contribution in [1.29, 1.82) is 0 Å². The van der Waals surface area contributed by atoms with Crippen LogP contribution in [-0.2, 0) is 21.2 Å². The number of hydrogen-bond acceptors (Lipinski definition) is 3. The molecule has 0 fully saturated rings. The van der Waals surface area contributed by atoms with E-state index in [1.807, 2.05) is 51.1 Å². The van der Waals surface area contributed by atoms with Gasteiger partial charge in [-0.05, 0) is 68.5 Å². The second-order valence-electron chi connectivity index (χ2n) is 7.33. The molecule has 0 saturated heterocycles.